The summed E-state index contributed by atoms with van der Waals surface area (Å²) in [6.45, 7) is 8.34. The summed E-state index contributed by atoms with van der Waals surface area (Å²) in [5, 5.41) is 11.0. The molecular weight excluding hydrogens is 400 g/mol. The average molecular weight is 433 g/mol. The molecule has 6 heteroatoms. The van der Waals surface area contributed by atoms with Crippen molar-refractivity contribution >= 4 is 11.5 Å². The second-order valence-corrected chi connectivity index (χ2v) is 8.51. The van der Waals surface area contributed by atoms with Gasteiger partial charge in [-0.2, -0.15) is 0 Å². The molecule has 1 aromatic heterocycles. The highest BCUT2D eigenvalue weighted by atomic mass is 16.5. The number of nitrogens with zero attached hydrogens (tertiary/aromatic N) is 3. The molecule has 1 unspecified atom stereocenters. The molecule has 2 aromatic carbocycles. The second-order valence-electron chi connectivity index (χ2n) is 8.51. The molecule has 32 heavy (non-hydrogen) atoms. The van der Waals surface area contributed by atoms with Crippen molar-refractivity contribution in [1.82, 2.24) is 9.88 Å². The number of hydrogen-bond acceptors (Lipinski definition) is 6. The predicted octanol–water partition coefficient (Wildman–Crippen LogP) is 3.97. The van der Waals surface area contributed by atoms with Crippen LogP contribution in [0.4, 0.5) is 11.5 Å². The number of para-hydroxylation sites is 1. The Kier molecular flexibility index (Phi) is 6.93. The molecule has 3 N–H and O–H groups in total. The van der Waals surface area contributed by atoms with Crippen LogP contribution in [-0.4, -0.2) is 53.8 Å². The van der Waals surface area contributed by atoms with E-state index in [1.165, 1.54) is 5.69 Å². The third-order valence-corrected chi connectivity index (χ3v) is 5.72. The van der Waals surface area contributed by atoms with Gasteiger partial charge in [-0.25, -0.2) is 4.98 Å². The minimum atomic E-state index is -0.587. The van der Waals surface area contributed by atoms with Crippen LogP contribution in [0.5, 0.6) is 5.75 Å². The topological polar surface area (TPSA) is 74.9 Å². The lowest BCUT2D eigenvalue weighted by molar-refractivity contribution is 0.109. The summed E-state index contributed by atoms with van der Waals surface area (Å²) in [6.07, 6.45) is -0.580. The molecule has 6 nitrogen and oxygen atoms in total. The highest BCUT2D eigenvalue weighted by Gasteiger charge is 2.21. The number of aliphatic hydroxyl groups excluding tert-OH is 1. The van der Waals surface area contributed by atoms with E-state index in [-0.39, 0.29) is 6.10 Å². The van der Waals surface area contributed by atoms with E-state index >= 15 is 0 Å². The van der Waals surface area contributed by atoms with Gasteiger partial charge in [0.25, 0.3) is 0 Å². The zero-order valence-electron chi connectivity index (χ0n) is 18.8. The maximum absolute atomic E-state index is 11.0. The Morgan fingerprint density at radius 3 is 2.41 bits per heavy atom. The highest BCUT2D eigenvalue weighted by Crippen LogP contribution is 2.33. The number of nitrogen functional groups attached to an aromatic ring is 1. The molecule has 0 radical (unpaired) electrons. The molecule has 1 aliphatic heterocycles. The minimum Gasteiger partial charge on any atom is -0.490 e. The fourth-order valence-electron chi connectivity index (χ4n) is 4.09. The smallest absolute Gasteiger partial charge is 0.129 e. The molecule has 0 bridgehead atoms. The van der Waals surface area contributed by atoms with Crippen LogP contribution in [0.25, 0.3) is 11.3 Å². The van der Waals surface area contributed by atoms with E-state index in [0.29, 0.717) is 18.1 Å². The second kappa shape index (κ2) is 10.0. The van der Waals surface area contributed by atoms with Crippen LogP contribution in [0.1, 0.15) is 25.5 Å². The van der Waals surface area contributed by atoms with E-state index in [1.54, 1.807) is 6.07 Å². The number of rotatable bonds is 7. The van der Waals surface area contributed by atoms with Crippen LogP contribution < -0.4 is 15.4 Å². The first-order valence-corrected chi connectivity index (χ1v) is 11.2. The maximum atomic E-state index is 11.0. The first kappa shape index (κ1) is 22.1. The van der Waals surface area contributed by atoms with E-state index in [2.05, 4.69) is 39.0 Å². The quantitative estimate of drug-likeness (QED) is 0.588. The molecule has 168 valence electrons. The molecule has 0 aliphatic carbocycles. The number of anilines is 2. The van der Waals surface area contributed by atoms with Crippen molar-refractivity contribution < 1.29 is 9.84 Å². The Bertz CT molecular complexity index is 1020. The van der Waals surface area contributed by atoms with E-state index in [1.807, 2.05) is 50.2 Å². The molecule has 1 saturated heterocycles. The molecular formula is C26H32N4O2. The van der Waals surface area contributed by atoms with Gasteiger partial charge in [0.1, 0.15) is 11.6 Å². The molecule has 0 amide bonds. The molecule has 0 saturated carbocycles. The zero-order valence-corrected chi connectivity index (χ0v) is 18.8. The van der Waals surface area contributed by atoms with Crippen LogP contribution in [-0.2, 0) is 0 Å². The lowest BCUT2D eigenvalue weighted by Crippen LogP contribution is -2.47. The van der Waals surface area contributed by atoms with Gasteiger partial charge < -0.3 is 20.5 Å². The van der Waals surface area contributed by atoms with Crippen LogP contribution in [0.2, 0.25) is 0 Å². The molecule has 1 atom stereocenters. The first-order chi connectivity index (χ1) is 15.5. The fraction of sp³-hybridized carbons (Fsp3) is 0.346. The number of ether oxygens (including phenoxy) is 1. The van der Waals surface area contributed by atoms with Gasteiger partial charge in [-0.3, -0.25) is 4.90 Å². The third kappa shape index (κ3) is 5.39. The Morgan fingerprint density at radius 1 is 0.969 bits per heavy atom. The number of aromatic nitrogens is 1. The Hall–Kier alpha value is -3.09. The normalized spacial score (nSPS) is 15.7. The molecule has 3 aromatic rings. The third-order valence-electron chi connectivity index (χ3n) is 5.72. The van der Waals surface area contributed by atoms with Gasteiger partial charge in [0.05, 0.1) is 17.9 Å². The summed E-state index contributed by atoms with van der Waals surface area (Å²) in [5.41, 5.74) is 9.62. The number of β-amino-alcohol motifs (C(OH)–C–C–N with tert-alkyl or cyclic N) is 1. The molecule has 1 fully saturated rings. The van der Waals surface area contributed by atoms with Gasteiger partial charge in [-0.05, 0) is 55.8 Å². The van der Waals surface area contributed by atoms with E-state index in [4.69, 9.17) is 10.5 Å². The lowest BCUT2D eigenvalue weighted by Gasteiger charge is -2.37. The number of hydrogen-bond donors (Lipinski definition) is 2. The molecule has 2 heterocycles. The fourth-order valence-corrected chi connectivity index (χ4v) is 4.09. The Balaban J connectivity index is 1.45. The van der Waals surface area contributed by atoms with Gasteiger partial charge in [0.2, 0.25) is 0 Å². The summed E-state index contributed by atoms with van der Waals surface area (Å²) in [5.74, 6) is 1.18. The minimum absolute atomic E-state index is 0.00765. The van der Waals surface area contributed by atoms with Crippen LogP contribution in [0.3, 0.4) is 0 Å². The Morgan fingerprint density at radius 2 is 1.72 bits per heavy atom. The molecule has 1 aliphatic rings. The van der Waals surface area contributed by atoms with Crippen molar-refractivity contribution in [1.29, 1.82) is 0 Å². The van der Waals surface area contributed by atoms with Crippen molar-refractivity contribution in [3.05, 3.63) is 72.3 Å². The largest absolute Gasteiger partial charge is 0.490 e. The van der Waals surface area contributed by atoms with Crippen LogP contribution >= 0.6 is 0 Å². The van der Waals surface area contributed by atoms with Crippen LogP contribution in [0.15, 0.2) is 66.7 Å². The number of aliphatic hydroxyl groups is 1. The van der Waals surface area contributed by atoms with Gasteiger partial charge in [0.15, 0.2) is 0 Å². The number of piperazine rings is 1. The van der Waals surface area contributed by atoms with Crippen molar-refractivity contribution in [3.63, 3.8) is 0 Å². The summed E-state index contributed by atoms with van der Waals surface area (Å²) in [7, 11) is 0. The summed E-state index contributed by atoms with van der Waals surface area (Å²) in [4.78, 5) is 9.15. The lowest BCUT2D eigenvalue weighted by atomic mass is 10.0. The van der Waals surface area contributed by atoms with Crippen LogP contribution in [0, 0.1) is 0 Å². The average Bonchev–Trinajstić information content (AvgIpc) is 2.80. The SMILES string of the molecule is CC(C)Oc1cc(C(O)CN2CCN(c3ccccc3)CC2)ccc1-c1cccc(N)n1. The summed E-state index contributed by atoms with van der Waals surface area (Å²) >= 11 is 0. The van der Waals surface area contributed by atoms with Crippen molar-refractivity contribution in [2.75, 3.05) is 43.4 Å². The predicted molar refractivity (Wildman–Crippen MR) is 130 cm³/mol. The number of benzene rings is 2. The van der Waals surface area contributed by atoms with E-state index in [9.17, 15) is 5.11 Å². The van der Waals surface area contributed by atoms with Gasteiger partial charge in [0, 0.05) is 44.0 Å². The van der Waals surface area contributed by atoms with Gasteiger partial charge in [-0.15, -0.1) is 0 Å². The first-order valence-electron chi connectivity index (χ1n) is 11.2. The molecule has 4 rings (SSSR count). The van der Waals surface area contributed by atoms with Crippen molar-refractivity contribution in [3.8, 4) is 17.0 Å². The van der Waals surface area contributed by atoms with Crippen molar-refractivity contribution in [2.24, 2.45) is 0 Å². The van der Waals surface area contributed by atoms with Gasteiger partial charge in [-0.1, -0.05) is 30.3 Å². The van der Waals surface area contributed by atoms with E-state index < -0.39 is 6.10 Å². The number of pyridine rings is 1. The Labute approximate surface area is 190 Å². The monoisotopic (exact) mass is 432 g/mol. The van der Waals surface area contributed by atoms with E-state index in [0.717, 1.165) is 43.0 Å². The number of nitrogens with two attached hydrogens (primary N) is 1. The zero-order chi connectivity index (χ0) is 22.5. The standard InChI is InChI=1S/C26H32N4O2/c1-19(2)32-25-17-20(11-12-22(25)23-9-6-10-26(27)28-23)24(31)18-29-13-15-30(16-14-29)21-7-4-3-5-8-21/h3-12,17,19,24,31H,13-16,18H2,1-2H3,(H2,27,28). The summed E-state index contributed by atoms with van der Waals surface area (Å²) in [6, 6.07) is 21.9. The summed E-state index contributed by atoms with van der Waals surface area (Å²) < 4.78 is 6.07. The maximum Gasteiger partial charge on any atom is 0.129 e. The highest BCUT2D eigenvalue weighted by molar-refractivity contribution is 5.69. The van der Waals surface area contributed by atoms with Crippen molar-refractivity contribution in [2.45, 2.75) is 26.1 Å². The van der Waals surface area contributed by atoms with Gasteiger partial charge >= 0.3 is 0 Å². The molecule has 0 spiro atoms.